The first-order valence-corrected chi connectivity index (χ1v) is 9.43. The van der Waals surface area contributed by atoms with E-state index in [1.807, 2.05) is 6.07 Å². The van der Waals surface area contributed by atoms with E-state index in [4.69, 9.17) is 9.47 Å². The van der Waals surface area contributed by atoms with E-state index in [2.05, 4.69) is 37.9 Å². The first kappa shape index (κ1) is 17.1. The van der Waals surface area contributed by atoms with Gasteiger partial charge in [-0.2, -0.15) is 0 Å². The van der Waals surface area contributed by atoms with Crippen molar-refractivity contribution in [1.82, 2.24) is 0 Å². The van der Waals surface area contributed by atoms with Gasteiger partial charge in [0.2, 0.25) is 0 Å². The summed E-state index contributed by atoms with van der Waals surface area (Å²) in [5.74, 6) is 2.46. The monoisotopic (exact) mass is 418 g/mol. The first-order valence-electron chi connectivity index (χ1n) is 7.73. The zero-order valence-electron chi connectivity index (χ0n) is 12.8. The molecule has 21 heavy (non-hydrogen) atoms. The van der Waals surface area contributed by atoms with Gasteiger partial charge in [-0.25, -0.2) is 0 Å². The topological polar surface area (TPSA) is 18.5 Å². The normalized spacial score (nSPS) is 18.7. The number of ether oxygens (including phenoxy) is 2. The van der Waals surface area contributed by atoms with Crippen LogP contribution in [-0.2, 0) is 0 Å². The Hall–Kier alpha value is -0.220. The van der Waals surface area contributed by atoms with Gasteiger partial charge in [-0.15, -0.1) is 0 Å². The molecule has 1 saturated carbocycles. The van der Waals surface area contributed by atoms with Crippen LogP contribution in [0.25, 0.3) is 0 Å². The highest BCUT2D eigenvalue weighted by Crippen LogP contribution is 2.45. The molecule has 1 atom stereocenters. The van der Waals surface area contributed by atoms with Crippen molar-refractivity contribution in [3.05, 3.63) is 22.2 Å². The molecule has 1 aromatic carbocycles. The molecular formula is C17H24Br2O2. The summed E-state index contributed by atoms with van der Waals surface area (Å²) in [5.41, 5.74) is 1.20. The minimum absolute atomic E-state index is 0.326. The number of benzene rings is 1. The van der Waals surface area contributed by atoms with Gasteiger partial charge < -0.3 is 9.47 Å². The molecule has 1 aliphatic carbocycles. The molecule has 0 aliphatic heterocycles. The Labute approximate surface area is 144 Å². The standard InChI is InChI=1S/C17H24Br2O2/c1-20-15-11-14(18)16(21-2)10-13(15)17(19)12-8-6-4-3-5-7-9-12/h10-12,17H,3-9H2,1-2H3. The molecule has 0 saturated heterocycles. The van der Waals surface area contributed by atoms with Gasteiger partial charge in [-0.3, -0.25) is 0 Å². The van der Waals surface area contributed by atoms with Gasteiger partial charge in [-0.1, -0.05) is 48.0 Å². The lowest BCUT2D eigenvalue weighted by molar-refractivity contribution is 0.360. The third-order valence-electron chi connectivity index (χ3n) is 4.36. The first-order chi connectivity index (χ1) is 10.2. The molecule has 0 amide bonds. The zero-order valence-corrected chi connectivity index (χ0v) is 16.0. The third-order valence-corrected chi connectivity index (χ3v) is 6.23. The smallest absolute Gasteiger partial charge is 0.133 e. The van der Waals surface area contributed by atoms with Crippen LogP contribution in [0.3, 0.4) is 0 Å². The molecule has 0 radical (unpaired) electrons. The lowest BCUT2D eigenvalue weighted by Gasteiger charge is -2.26. The predicted octanol–water partition coefficient (Wildman–Crippen LogP) is 6.26. The quantitative estimate of drug-likeness (QED) is 0.536. The summed E-state index contributed by atoms with van der Waals surface area (Å²) < 4.78 is 12.0. The van der Waals surface area contributed by atoms with Gasteiger partial charge >= 0.3 is 0 Å². The van der Waals surface area contributed by atoms with Gasteiger partial charge in [-0.05, 0) is 46.8 Å². The Kier molecular flexibility index (Phi) is 6.87. The minimum atomic E-state index is 0.326. The highest BCUT2D eigenvalue weighted by atomic mass is 79.9. The summed E-state index contributed by atoms with van der Waals surface area (Å²) in [5, 5.41) is 0. The average molecular weight is 420 g/mol. The lowest BCUT2D eigenvalue weighted by atomic mass is 9.86. The largest absolute Gasteiger partial charge is 0.496 e. The molecular weight excluding hydrogens is 396 g/mol. The fraction of sp³-hybridized carbons (Fsp3) is 0.647. The Bertz CT molecular complexity index is 454. The van der Waals surface area contributed by atoms with E-state index < -0.39 is 0 Å². The Morgan fingerprint density at radius 2 is 1.52 bits per heavy atom. The predicted molar refractivity (Wildman–Crippen MR) is 94.7 cm³/mol. The van der Waals surface area contributed by atoms with E-state index in [0.29, 0.717) is 10.7 Å². The van der Waals surface area contributed by atoms with Crippen LogP contribution in [0.4, 0.5) is 0 Å². The van der Waals surface area contributed by atoms with Crippen molar-refractivity contribution in [2.24, 2.45) is 5.92 Å². The van der Waals surface area contributed by atoms with Crippen molar-refractivity contribution in [2.45, 2.75) is 49.8 Å². The second-order valence-corrected chi connectivity index (χ2v) is 7.58. The van der Waals surface area contributed by atoms with Gasteiger partial charge in [0.15, 0.2) is 0 Å². The molecule has 0 N–H and O–H groups in total. The second-order valence-electron chi connectivity index (χ2n) is 5.74. The van der Waals surface area contributed by atoms with E-state index >= 15 is 0 Å². The zero-order chi connectivity index (χ0) is 15.2. The molecule has 0 bridgehead atoms. The Morgan fingerprint density at radius 1 is 0.952 bits per heavy atom. The second kappa shape index (κ2) is 8.42. The van der Waals surface area contributed by atoms with Crippen molar-refractivity contribution >= 4 is 31.9 Å². The maximum absolute atomic E-state index is 5.58. The highest BCUT2D eigenvalue weighted by Gasteiger charge is 2.25. The maximum Gasteiger partial charge on any atom is 0.133 e. The SMILES string of the molecule is COc1cc(C(Br)C2CCCCCCC2)c(OC)cc1Br. The number of hydrogen-bond donors (Lipinski definition) is 0. The fourth-order valence-electron chi connectivity index (χ4n) is 3.13. The highest BCUT2D eigenvalue weighted by molar-refractivity contribution is 9.10. The molecule has 118 valence electrons. The minimum Gasteiger partial charge on any atom is -0.496 e. The molecule has 0 spiro atoms. The number of methoxy groups -OCH3 is 2. The number of alkyl halides is 1. The van der Waals surface area contributed by atoms with Crippen molar-refractivity contribution < 1.29 is 9.47 Å². The maximum atomic E-state index is 5.58. The van der Waals surface area contributed by atoms with Crippen LogP contribution in [-0.4, -0.2) is 14.2 Å². The van der Waals surface area contributed by atoms with E-state index in [-0.39, 0.29) is 0 Å². The van der Waals surface area contributed by atoms with E-state index in [0.717, 1.165) is 16.0 Å². The average Bonchev–Trinajstić information content (AvgIpc) is 2.46. The Morgan fingerprint density at radius 3 is 2.10 bits per heavy atom. The molecule has 0 heterocycles. The summed E-state index contributed by atoms with van der Waals surface area (Å²) in [4.78, 5) is 0.326. The molecule has 1 aliphatic rings. The summed E-state index contributed by atoms with van der Waals surface area (Å²) in [6.07, 6.45) is 9.39. The van der Waals surface area contributed by atoms with Crippen LogP contribution >= 0.6 is 31.9 Å². The van der Waals surface area contributed by atoms with Crippen LogP contribution in [0.5, 0.6) is 11.5 Å². The van der Waals surface area contributed by atoms with Gasteiger partial charge in [0, 0.05) is 10.4 Å². The molecule has 2 nitrogen and oxygen atoms in total. The van der Waals surface area contributed by atoms with Crippen molar-refractivity contribution in [2.75, 3.05) is 14.2 Å². The number of rotatable bonds is 4. The van der Waals surface area contributed by atoms with Crippen LogP contribution in [0.1, 0.15) is 55.3 Å². The fourth-order valence-corrected chi connectivity index (χ4v) is 4.50. The Balaban J connectivity index is 2.25. The van der Waals surface area contributed by atoms with Crippen molar-refractivity contribution in [1.29, 1.82) is 0 Å². The van der Waals surface area contributed by atoms with Crippen molar-refractivity contribution in [3.63, 3.8) is 0 Å². The van der Waals surface area contributed by atoms with Crippen molar-refractivity contribution in [3.8, 4) is 11.5 Å². The molecule has 1 aromatic rings. The van der Waals surface area contributed by atoms with E-state index in [1.54, 1.807) is 14.2 Å². The summed E-state index contributed by atoms with van der Waals surface area (Å²) >= 11 is 7.47. The third kappa shape index (κ3) is 4.38. The lowest BCUT2D eigenvalue weighted by Crippen LogP contribution is -2.11. The molecule has 1 fully saturated rings. The van der Waals surface area contributed by atoms with Gasteiger partial charge in [0.1, 0.15) is 11.5 Å². The molecule has 2 rings (SSSR count). The van der Waals surface area contributed by atoms with E-state index in [1.165, 1.54) is 50.5 Å². The summed E-state index contributed by atoms with van der Waals surface area (Å²) in [7, 11) is 3.44. The van der Waals surface area contributed by atoms with Crippen LogP contribution < -0.4 is 9.47 Å². The van der Waals surface area contributed by atoms with Crippen LogP contribution in [0.2, 0.25) is 0 Å². The van der Waals surface area contributed by atoms with E-state index in [9.17, 15) is 0 Å². The van der Waals surface area contributed by atoms with Gasteiger partial charge in [0.05, 0.1) is 18.7 Å². The van der Waals surface area contributed by atoms with Crippen LogP contribution in [0.15, 0.2) is 16.6 Å². The summed E-state index contributed by atoms with van der Waals surface area (Å²) in [6.45, 7) is 0. The summed E-state index contributed by atoms with van der Waals surface area (Å²) in [6, 6.07) is 4.10. The molecule has 4 heteroatoms. The molecule has 0 aromatic heterocycles. The van der Waals surface area contributed by atoms with Gasteiger partial charge in [0.25, 0.3) is 0 Å². The number of hydrogen-bond acceptors (Lipinski definition) is 2. The molecule has 1 unspecified atom stereocenters. The number of halogens is 2. The van der Waals surface area contributed by atoms with Crippen LogP contribution in [0, 0.1) is 5.92 Å².